The van der Waals surface area contributed by atoms with Crippen LogP contribution < -0.4 is 15.4 Å². The van der Waals surface area contributed by atoms with E-state index in [9.17, 15) is 5.11 Å². The van der Waals surface area contributed by atoms with E-state index in [-0.39, 0.29) is 6.61 Å². The number of anilines is 4. The first-order valence-corrected chi connectivity index (χ1v) is 10.0. The summed E-state index contributed by atoms with van der Waals surface area (Å²) in [6.45, 7) is 2.94. The minimum atomic E-state index is -0.528. The lowest BCUT2D eigenvalue weighted by atomic mass is 10.1. The highest BCUT2D eigenvalue weighted by atomic mass is 16.5. The molecule has 0 aliphatic carbocycles. The Labute approximate surface area is 177 Å². The number of nitrogens with one attached hydrogen (secondary N) is 2. The molecule has 3 aromatic rings. The number of rotatable bonds is 10. The number of aromatic nitrogens is 2. The number of aliphatic hydroxyl groups excluding tert-OH is 1. The van der Waals surface area contributed by atoms with Crippen LogP contribution in [0.4, 0.5) is 23.1 Å². The molecule has 0 aliphatic rings. The summed E-state index contributed by atoms with van der Waals surface area (Å²) in [6.07, 6.45) is 2.13. The van der Waals surface area contributed by atoms with Crippen LogP contribution in [0.5, 0.6) is 5.75 Å². The second kappa shape index (κ2) is 10.6. The predicted molar refractivity (Wildman–Crippen MR) is 121 cm³/mol. The van der Waals surface area contributed by atoms with Gasteiger partial charge in [0.15, 0.2) is 0 Å². The van der Waals surface area contributed by atoms with Gasteiger partial charge in [0.25, 0.3) is 0 Å². The van der Waals surface area contributed by atoms with Gasteiger partial charge in [-0.25, -0.2) is 4.98 Å². The van der Waals surface area contributed by atoms with E-state index in [1.807, 2.05) is 67.5 Å². The van der Waals surface area contributed by atoms with Crippen molar-refractivity contribution >= 4 is 23.1 Å². The molecule has 1 unspecified atom stereocenters. The van der Waals surface area contributed by atoms with Crippen LogP contribution in [0.15, 0.2) is 60.8 Å². The van der Waals surface area contributed by atoms with Crippen LogP contribution in [0.3, 0.4) is 0 Å². The van der Waals surface area contributed by atoms with E-state index in [4.69, 9.17) is 4.74 Å². The predicted octanol–water partition coefficient (Wildman–Crippen LogP) is 3.83. The van der Waals surface area contributed by atoms with E-state index in [0.29, 0.717) is 18.2 Å². The largest absolute Gasteiger partial charge is 0.491 e. The summed E-state index contributed by atoms with van der Waals surface area (Å²) in [4.78, 5) is 10.8. The maximum Gasteiger partial charge on any atom is 0.229 e. The summed E-state index contributed by atoms with van der Waals surface area (Å²) in [5.41, 5.74) is 3.13. The van der Waals surface area contributed by atoms with Crippen molar-refractivity contribution in [3.8, 4) is 5.75 Å². The third-order valence-electron chi connectivity index (χ3n) is 4.45. The summed E-state index contributed by atoms with van der Waals surface area (Å²) in [5, 5.41) is 16.5. The van der Waals surface area contributed by atoms with Gasteiger partial charge in [-0.15, -0.1) is 0 Å². The molecule has 0 radical (unpaired) electrons. The number of aryl methyl sites for hydroxylation is 1. The third-order valence-corrected chi connectivity index (χ3v) is 4.45. The minimum Gasteiger partial charge on any atom is -0.491 e. The van der Waals surface area contributed by atoms with Gasteiger partial charge in [-0.05, 0) is 62.5 Å². The molecule has 0 spiro atoms. The van der Waals surface area contributed by atoms with E-state index >= 15 is 0 Å². The molecule has 7 nitrogen and oxygen atoms in total. The molecule has 158 valence electrons. The molecule has 0 bridgehead atoms. The maximum atomic E-state index is 9.89. The van der Waals surface area contributed by atoms with Crippen molar-refractivity contribution in [1.82, 2.24) is 14.9 Å². The third kappa shape index (κ3) is 6.43. The number of ether oxygens (including phenoxy) is 1. The van der Waals surface area contributed by atoms with Crippen LogP contribution in [0.1, 0.15) is 12.5 Å². The number of hydrogen-bond donors (Lipinski definition) is 3. The molecule has 0 fully saturated rings. The zero-order valence-corrected chi connectivity index (χ0v) is 17.7. The second-order valence-electron chi connectivity index (χ2n) is 7.28. The average molecular weight is 408 g/mol. The Kier molecular flexibility index (Phi) is 7.59. The molecule has 1 aromatic heterocycles. The lowest BCUT2D eigenvalue weighted by Crippen LogP contribution is -2.30. The molecule has 1 atom stereocenters. The Bertz CT molecular complexity index is 931. The molecule has 2 aromatic carbocycles. The number of aliphatic hydroxyl groups is 1. The highest BCUT2D eigenvalue weighted by molar-refractivity contribution is 5.62. The minimum absolute atomic E-state index is 0.251. The number of likely N-dealkylation sites (N-methyl/N-ethyl adjacent to an activating group) is 1. The van der Waals surface area contributed by atoms with Gasteiger partial charge < -0.3 is 25.4 Å². The first-order chi connectivity index (χ1) is 14.5. The number of hydrogen-bond acceptors (Lipinski definition) is 7. The Morgan fingerprint density at radius 1 is 1.03 bits per heavy atom. The van der Waals surface area contributed by atoms with Crippen LogP contribution in [0.2, 0.25) is 0 Å². The van der Waals surface area contributed by atoms with Crippen LogP contribution in [0.25, 0.3) is 0 Å². The molecule has 0 saturated carbocycles. The first-order valence-electron chi connectivity index (χ1n) is 10.0. The second-order valence-corrected chi connectivity index (χ2v) is 7.28. The van der Waals surface area contributed by atoms with Crippen LogP contribution >= 0.6 is 0 Å². The summed E-state index contributed by atoms with van der Waals surface area (Å²) < 4.78 is 5.64. The fourth-order valence-electron chi connectivity index (χ4n) is 3.01. The molecular weight excluding hydrogens is 378 g/mol. The van der Waals surface area contributed by atoms with Crippen molar-refractivity contribution in [3.05, 3.63) is 66.4 Å². The van der Waals surface area contributed by atoms with Crippen LogP contribution in [-0.4, -0.2) is 53.3 Å². The lowest BCUT2D eigenvalue weighted by Gasteiger charge is -2.16. The van der Waals surface area contributed by atoms with Gasteiger partial charge in [0, 0.05) is 24.1 Å². The molecule has 1 heterocycles. The fourth-order valence-corrected chi connectivity index (χ4v) is 3.01. The Balaban J connectivity index is 1.59. The van der Waals surface area contributed by atoms with E-state index < -0.39 is 6.10 Å². The smallest absolute Gasteiger partial charge is 0.229 e. The monoisotopic (exact) mass is 407 g/mol. The molecule has 7 heteroatoms. The summed E-state index contributed by atoms with van der Waals surface area (Å²) >= 11 is 0. The molecule has 0 aliphatic heterocycles. The quantitative estimate of drug-likeness (QED) is 0.471. The van der Waals surface area contributed by atoms with Crippen molar-refractivity contribution in [1.29, 1.82) is 0 Å². The zero-order valence-electron chi connectivity index (χ0n) is 17.7. The van der Waals surface area contributed by atoms with Gasteiger partial charge in [-0.3, -0.25) is 0 Å². The zero-order chi connectivity index (χ0) is 21.3. The van der Waals surface area contributed by atoms with Gasteiger partial charge >= 0.3 is 0 Å². The topological polar surface area (TPSA) is 82.5 Å². The SMILES string of the molecule is CCc1ccccc1Nc1ccnc(Nc2ccc(OCC(O)CN(C)C)cc2)n1. The Hall–Kier alpha value is -3.16. The lowest BCUT2D eigenvalue weighted by molar-refractivity contribution is 0.0831. The first kappa shape index (κ1) is 21.5. The van der Waals surface area contributed by atoms with Gasteiger partial charge in [0.1, 0.15) is 24.3 Å². The van der Waals surface area contributed by atoms with Crippen molar-refractivity contribution < 1.29 is 9.84 Å². The average Bonchev–Trinajstić information content (AvgIpc) is 2.73. The molecule has 0 saturated heterocycles. The number of nitrogens with zero attached hydrogens (tertiary/aromatic N) is 3. The van der Waals surface area contributed by atoms with Crippen molar-refractivity contribution in [2.45, 2.75) is 19.4 Å². The van der Waals surface area contributed by atoms with Gasteiger partial charge in [0.2, 0.25) is 5.95 Å². The highest BCUT2D eigenvalue weighted by Gasteiger charge is 2.07. The Morgan fingerprint density at radius 3 is 2.53 bits per heavy atom. The van der Waals surface area contributed by atoms with Gasteiger partial charge in [0.05, 0.1) is 0 Å². The van der Waals surface area contributed by atoms with Crippen molar-refractivity contribution in [2.75, 3.05) is 37.9 Å². The molecule has 3 N–H and O–H groups in total. The normalized spacial score (nSPS) is 11.9. The van der Waals surface area contributed by atoms with E-state index in [0.717, 1.165) is 23.6 Å². The van der Waals surface area contributed by atoms with Crippen LogP contribution in [0, 0.1) is 0 Å². The molecule has 3 rings (SSSR count). The summed E-state index contributed by atoms with van der Waals surface area (Å²) in [7, 11) is 3.83. The maximum absolute atomic E-state index is 9.89. The van der Waals surface area contributed by atoms with E-state index in [1.54, 1.807) is 6.20 Å². The molecule has 0 amide bonds. The van der Waals surface area contributed by atoms with E-state index in [2.05, 4.69) is 33.6 Å². The Morgan fingerprint density at radius 2 is 1.80 bits per heavy atom. The standard InChI is InChI=1S/C23H29N5O2/c1-4-17-7-5-6-8-21(17)26-22-13-14-24-23(27-22)25-18-9-11-20(12-10-18)30-16-19(29)15-28(2)3/h5-14,19,29H,4,15-16H2,1-3H3,(H2,24,25,26,27). The van der Waals surface area contributed by atoms with E-state index in [1.165, 1.54) is 5.56 Å². The van der Waals surface area contributed by atoms with Gasteiger partial charge in [-0.2, -0.15) is 4.98 Å². The fraction of sp³-hybridized carbons (Fsp3) is 0.304. The number of benzene rings is 2. The summed E-state index contributed by atoms with van der Waals surface area (Å²) in [6, 6.07) is 17.5. The van der Waals surface area contributed by atoms with Gasteiger partial charge in [-0.1, -0.05) is 25.1 Å². The van der Waals surface area contributed by atoms with Crippen LogP contribution in [-0.2, 0) is 6.42 Å². The van der Waals surface area contributed by atoms with Crippen molar-refractivity contribution in [2.24, 2.45) is 0 Å². The molecule has 30 heavy (non-hydrogen) atoms. The number of para-hydroxylation sites is 1. The highest BCUT2D eigenvalue weighted by Crippen LogP contribution is 2.22. The molecular formula is C23H29N5O2. The summed E-state index contributed by atoms with van der Waals surface area (Å²) in [5.74, 6) is 1.93. The van der Waals surface area contributed by atoms with Crippen molar-refractivity contribution in [3.63, 3.8) is 0 Å².